The van der Waals surface area contributed by atoms with Crippen LogP contribution in [0.25, 0.3) is 33.7 Å². The zero-order valence-electron chi connectivity index (χ0n) is 17.5. The van der Waals surface area contributed by atoms with Gasteiger partial charge >= 0.3 is 0 Å². The molecule has 6 nitrogen and oxygen atoms in total. The normalized spacial score (nSPS) is 11.2. The number of nitrogens with zero attached hydrogens (tertiary/aromatic N) is 2. The first-order valence-electron chi connectivity index (χ1n) is 9.62. The first kappa shape index (κ1) is 20.0. The number of methoxy groups -OCH3 is 3. The van der Waals surface area contributed by atoms with Gasteiger partial charge in [-0.3, -0.25) is 4.98 Å². The van der Waals surface area contributed by atoms with Gasteiger partial charge in [-0.05, 0) is 53.1 Å². The molecule has 2 aromatic heterocycles. The molecule has 0 atom stereocenters. The van der Waals surface area contributed by atoms with Gasteiger partial charge in [-0.1, -0.05) is 12.1 Å². The molecular formula is C25H21N3O3. The van der Waals surface area contributed by atoms with Crippen molar-refractivity contribution in [3.05, 3.63) is 72.2 Å². The molecule has 31 heavy (non-hydrogen) atoms. The van der Waals surface area contributed by atoms with Crippen LogP contribution in [0.15, 0.2) is 61.1 Å². The highest BCUT2D eigenvalue weighted by atomic mass is 16.5. The van der Waals surface area contributed by atoms with Crippen LogP contribution in [0.4, 0.5) is 0 Å². The highest BCUT2D eigenvalue weighted by Gasteiger charge is 2.15. The average molecular weight is 411 g/mol. The van der Waals surface area contributed by atoms with Gasteiger partial charge in [0.1, 0.15) is 0 Å². The molecule has 4 rings (SSSR count). The Bertz CT molecular complexity index is 1280. The highest BCUT2D eigenvalue weighted by molar-refractivity contribution is 6.02. The fraction of sp³-hybridized carbons (Fsp3) is 0.120. The minimum absolute atomic E-state index is 0.545. The summed E-state index contributed by atoms with van der Waals surface area (Å²) in [5.74, 6) is 1.71. The molecule has 0 spiro atoms. The summed E-state index contributed by atoms with van der Waals surface area (Å²) in [6.45, 7) is 0. The van der Waals surface area contributed by atoms with Gasteiger partial charge in [0, 0.05) is 35.1 Å². The van der Waals surface area contributed by atoms with E-state index in [4.69, 9.17) is 14.2 Å². The van der Waals surface area contributed by atoms with Gasteiger partial charge in [0.2, 0.25) is 5.75 Å². The number of hydrogen-bond acceptors (Lipinski definition) is 5. The van der Waals surface area contributed by atoms with E-state index in [1.54, 1.807) is 33.7 Å². The number of pyridine rings is 1. The lowest BCUT2D eigenvalue weighted by atomic mass is 9.99. The summed E-state index contributed by atoms with van der Waals surface area (Å²) in [5, 5.41) is 10.7. The fourth-order valence-electron chi connectivity index (χ4n) is 3.57. The Hall–Kier alpha value is -4.24. The number of nitrogens with one attached hydrogen (secondary N) is 1. The van der Waals surface area contributed by atoms with Gasteiger partial charge in [-0.15, -0.1) is 0 Å². The monoisotopic (exact) mass is 411 g/mol. The Morgan fingerprint density at radius 1 is 1.00 bits per heavy atom. The quantitative estimate of drug-likeness (QED) is 0.434. The lowest BCUT2D eigenvalue weighted by Gasteiger charge is -2.14. The topological polar surface area (TPSA) is 80.2 Å². The van der Waals surface area contributed by atoms with Crippen molar-refractivity contribution in [1.29, 1.82) is 5.26 Å². The maximum atomic E-state index is 9.80. The smallest absolute Gasteiger partial charge is 0.203 e. The first-order valence-corrected chi connectivity index (χ1v) is 9.62. The standard InChI is InChI=1S/C25H21N3O3/c1-29-23-11-18(12-24(30-2)25(23)31-3)17-6-7-22-20(10-17)21(15-28-22)19(13-26)9-16-5-4-8-27-14-16/h4-12,14-15,28H,1-3H3. The largest absolute Gasteiger partial charge is 0.493 e. The van der Waals surface area contributed by atoms with Crippen molar-refractivity contribution in [3.63, 3.8) is 0 Å². The highest BCUT2D eigenvalue weighted by Crippen LogP contribution is 2.42. The third kappa shape index (κ3) is 3.81. The van der Waals surface area contributed by atoms with Crippen molar-refractivity contribution in [1.82, 2.24) is 9.97 Å². The molecule has 0 saturated heterocycles. The molecule has 154 valence electrons. The predicted octanol–water partition coefficient (Wildman–Crippen LogP) is 5.32. The molecule has 0 unspecified atom stereocenters. The van der Waals surface area contributed by atoms with Gasteiger partial charge in [-0.2, -0.15) is 5.26 Å². The number of ether oxygens (including phenoxy) is 3. The van der Waals surface area contributed by atoms with Gasteiger partial charge in [0.15, 0.2) is 11.5 Å². The molecular weight excluding hydrogens is 390 g/mol. The molecule has 0 aliphatic carbocycles. The van der Waals surface area contributed by atoms with Gasteiger partial charge < -0.3 is 19.2 Å². The SMILES string of the molecule is COc1cc(-c2ccc3[nH]cc(C(C#N)=Cc4cccnc4)c3c2)cc(OC)c1OC. The molecule has 0 aliphatic rings. The first-order chi connectivity index (χ1) is 15.2. The van der Waals surface area contributed by atoms with E-state index in [9.17, 15) is 5.26 Å². The minimum atomic E-state index is 0.545. The van der Waals surface area contributed by atoms with Crippen molar-refractivity contribution >= 4 is 22.6 Å². The van der Waals surface area contributed by atoms with E-state index in [0.29, 0.717) is 22.8 Å². The van der Waals surface area contributed by atoms with Gasteiger partial charge in [0.05, 0.1) is 33.0 Å². The minimum Gasteiger partial charge on any atom is -0.493 e. The zero-order chi connectivity index (χ0) is 21.8. The van der Waals surface area contributed by atoms with E-state index in [1.165, 1.54) is 0 Å². The molecule has 2 aromatic carbocycles. The second-order valence-electron chi connectivity index (χ2n) is 6.83. The Balaban J connectivity index is 1.85. The van der Waals surface area contributed by atoms with Crippen molar-refractivity contribution in [2.75, 3.05) is 21.3 Å². The van der Waals surface area contributed by atoms with Gasteiger partial charge in [0.25, 0.3) is 0 Å². The molecule has 0 bridgehead atoms. The maximum absolute atomic E-state index is 9.80. The van der Waals surface area contributed by atoms with E-state index < -0.39 is 0 Å². The van der Waals surface area contributed by atoms with E-state index >= 15 is 0 Å². The van der Waals surface area contributed by atoms with Crippen LogP contribution in [-0.4, -0.2) is 31.3 Å². The number of rotatable bonds is 6. The van der Waals surface area contributed by atoms with Crippen LogP contribution in [0.1, 0.15) is 11.1 Å². The molecule has 6 heteroatoms. The number of benzene rings is 2. The zero-order valence-corrected chi connectivity index (χ0v) is 17.5. The van der Waals surface area contributed by atoms with Crippen molar-refractivity contribution in [2.24, 2.45) is 0 Å². The third-order valence-electron chi connectivity index (χ3n) is 5.09. The number of aromatic amines is 1. The Morgan fingerprint density at radius 3 is 2.39 bits per heavy atom. The summed E-state index contributed by atoms with van der Waals surface area (Å²) in [6.07, 6.45) is 7.13. The van der Waals surface area contributed by atoms with Crippen LogP contribution in [0.3, 0.4) is 0 Å². The number of hydrogen-bond donors (Lipinski definition) is 1. The molecule has 0 radical (unpaired) electrons. The molecule has 0 saturated carbocycles. The molecule has 0 aliphatic heterocycles. The van der Waals surface area contributed by atoms with E-state index in [0.717, 1.165) is 33.2 Å². The van der Waals surface area contributed by atoms with Crippen LogP contribution in [0.2, 0.25) is 0 Å². The Kier molecular flexibility index (Phi) is 5.59. The Labute approximate surface area is 180 Å². The molecule has 0 fully saturated rings. The van der Waals surface area contributed by atoms with Gasteiger partial charge in [-0.25, -0.2) is 0 Å². The van der Waals surface area contributed by atoms with Crippen molar-refractivity contribution in [3.8, 4) is 34.4 Å². The number of nitriles is 1. The van der Waals surface area contributed by atoms with E-state index in [-0.39, 0.29) is 0 Å². The van der Waals surface area contributed by atoms with Crippen LogP contribution in [-0.2, 0) is 0 Å². The van der Waals surface area contributed by atoms with E-state index in [2.05, 4.69) is 22.1 Å². The van der Waals surface area contributed by atoms with Crippen molar-refractivity contribution in [2.45, 2.75) is 0 Å². The summed E-state index contributed by atoms with van der Waals surface area (Å²) in [7, 11) is 4.77. The average Bonchev–Trinajstić information content (AvgIpc) is 3.25. The maximum Gasteiger partial charge on any atom is 0.203 e. The summed E-state index contributed by atoms with van der Waals surface area (Å²) < 4.78 is 16.4. The molecule has 1 N–H and O–H groups in total. The molecule has 4 aromatic rings. The second kappa shape index (κ2) is 8.64. The predicted molar refractivity (Wildman–Crippen MR) is 121 cm³/mol. The lowest BCUT2D eigenvalue weighted by molar-refractivity contribution is 0.324. The van der Waals surface area contributed by atoms with Crippen LogP contribution < -0.4 is 14.2 Å². The third-order valence-corrected chi connectivity index (χ3v) is 5.09. The second-order valence-corrected chi connectivity index (χ2v) is 6.83. The number of aromatic nitrogens is 2. The van der Waals surface area contributed by atoms with Crippen LogP contribution >= 0.6 is 0 Å². The molecule has 0 amide bonds. The number of H-pyrrole nitrogens is 1. The number of fused-ring (bicyclic) bond motifs is 1. The lowest BCUT2D eigenvalue weighted by Crippen LogP contribution is -1.95. The summed E-state index contributed by atoms with van der Waals surface area (Å²) in [4.78, 5) is 7.37. The van der Waals surface area contributed by atoms with Crippen molar-refractivity contribution < 1.29 is 14.2 Å². The summed E-state index contributed by atoms with van der Waals surface area (Å²) in [6, 6.07) is 16.0. The van der Waals surface area contributed by atoms with E-state index in [1.807, 2.05) is 48.7 Å². The fourth-order valence-corrected chi connectivity index (χ4v) is 3.57. The van der Waals surface area contributed by atoms with Crippen LogP contribution in [0.5, 0.6) is 17.2 Å². The summed E-state index contributed by atoms with van der Waals surface area (Å²) in [5.41, 5.74) is 5.08. The van der Waals surface area contributed by atoms with Crippen LogP contribution in [0, 0.1) is 11.3 Å². The molecule has 2 heterocycles. The summed E-state index contributed by atoms with van der Waals surface area (Å²) >= 11 is 0. The number of allylic oxidation sites excluding steroid dienone is 1. The Morgan fingerprint density at radius 2 is 1.77 bits per heavy atom.